The van der Waals surface area contributed by atoms with Crippen molar-refractivity contribution in [1.82, 2.24) is 19.8 Å². The predicted molar refractivity (Wildman–Crippen MR) is 87.4 cm³/mol. The van der Waals surface area contributed by atoms with Crippen molar-refractivity contribution in [3.8, 4) is 22.0 Å². The Morgan fingerprint density at radius 3 is 2.82 bits per heavy atom. The predicted octanol–water partition coefficient (Wildman–Crippen LogP) is 2.98. The average molecular weight is 307 g/mol. The molecule has 0 aliphatic carbocycles. The second-order valence-electron chi connectivity index (χ2n) is 4.89. The van der Waals surface area contributed by atoms with Crippen LogP contribution in [0.1, 0.15) is 5.56 Å². The molecule has 0 aliphatic heterocycles. The highest BCUT2D eigenvalue weighted by Crippen LogP contribution is 2.24. The summed E-state index contributed by atoms with van der Waals surface area (Å²) in [6.07, 6.45) is 0. The first kappa shape index (κ1) is 13.1. The standard InChI is InChI=1S/C16H13N5S/c17-10-11-3-1-4-12(9-11)16-19-18-15-7-6-13(20-21(15)16)14-5-2-8-22-14/h1-9H,10,17H2. The van der Waals surface area contributed by atoms with Crippen LogP contribution in [0.3, 0.4) is 0 Å². The van der Waals surface area contributed by atoms with Crippen molar-refractivity contribution in [2.45, 2.75) is 6.54 Å². The molecule has 3 heterocycles. The van der Waals surface area contributed by atoms with E-state index in [-0.39, 0.29) is 0 Å². The van der Waals surface area contributed by atoms with Gasteiger partial charge in [-0.25, -0.2) is 0 Å². The van der Waals surface area contributed by atoms with E-state index in [2.05, 4.69) is 21.4 Å². The first-order valence-electron chi connectivity index (χ1n) is 6.91. The average Bonchev–Trinajstić information content (AvgIpc) is 3.23. The Morgan fingerprint density at radius 1 is 1.05 bits per heavy atom. The summed E-state index contributed by atoms with van der Waals surface area (Å²) in [5, 5.41) is 15.2. The minimum atomic E-state index is 0.498. The molecule has 0 saturated carbocycles. The van der Waals surface area contributed by atoms with E-state index in [1.807, 2.05) is 47.8 Å². The summed E-state index contributed by atoms with van der Waals surface area (Å²) in [5.41, 5.74) is 9.38. The summed E-state index contributed by atoms with van der Waals surface area (Å²) in [4.78, 5) is 1.12. The largest absolute Gasteiger partial charge is 0.326 e. The molecule has 3 aromatic heterocycles. The summed E-state index contributed by atoms with van der Waals surface area (Å²) in [6.45, 7) is 0.498. The van der Waals surface area contributed by atoms with Gasteiger partial charge < -0.3 is 5.73 Å². The fourth-order valence-corrected chi connectivity index (χ4v) is 3.05. The monoisotopic (exact) mass is 307 g/mol. The van der Waals surface area contributed by atoms with Gasteiger partial charge in [-0.2, -0.15) is 9.61 Å². The third kappa shape index (κ3) is 2.18. The van der Waals surface area contributed by atoms with Crippen molar-refractivity contribution < 1.29 is 0 Å². The summed E-state index contributed by atoms with van der Waals surface area (Å²) in [7, 11) is 0. The summed E-state index contributed by atoms with van der Waals surface area (Å²) in [6, 6.07) is 16.0. The van der Waals surface area contributed by atoms with Crippen molar-refractivity contribution in [2.75, 3.05) is 0 Å². The molecule has 0 fully saturated rings. The summed E-state index contributed by atoms with van der Waals surface area (Å²) < 4.78 is 1.78. The van der Waals surface area contributed by atoms with Gasteiger partial charge in [0.05, 0.1) is 4.88 Å². The maximum atomic E-state index is 5.72. The first-order chi connectivity index (χ1) is 10.8. The van der Waals surface area contributed by atoms with Crippen LogP contribution in [0.2, 0.25) is 0 Å². The smallest absolute Gasteiger partial charge is 0.185 e. The van der Waals surface area contributed by atoms with Crippen molar-refractivity contribution in [3.63, 3.8) is 0 Å². The first-order valence-corrected chi connectivity index (χ1v) is 7.79. The molecule has 22 heavy (non-hydrogen) atoms. The lowest BCUT2D eigenvalue weighted by Crippen LogP contribution is -1.99. The van der Waals surface area contributed by atoms with Crippen molar-refractivity contribution in [2.24, 2.45) is 5.73 Å². The zero-order valence-electron chi connectivity index (χ0n) is 11.7. The number of hydrogen-bond acceptors (Lipinski definition) is 5. The molecule has 0 unspecified atom stereocenters. The summed E-state index contributed by atoms with van der Waals surface area (Å²) >= 11 is 1.66. The highest BCUT2D eigenvalue weighted by Gasteiger charge is 2.11. The number of rotatable bonds is 3. The maximum absolute atomic E-state index is 5.72. The maximum Gasteiger partial charge on any atom is 0.185 e. The molecule has 108 valence electrons. The minimum Gasteiger partial charge on any atom is -0.326 e. The van der Waals surface area contributed by atoms with Crippen LogP contribution < -0.4 is 5.73 Å². The Balaban J connectivity index is 1.89. The van der Waals surface area contributed by atoms with Crippen LogP contribution in [-0.2, 0) is 6.54 Å². The van der Waals surface area contributed by atoms with E-state index in [0.29, 0.717) is 6.54 Å². The third-order valence-electron chi connectivity index (χ3n) is 3.46. The minimum absolute atomic E-state index is 0.498. The van der Waals surface area contributed by atoms with Crippen molar-refractivity contribution >= 4 is 17.0 Å². The van der Waals surface area contributed by atoms with Gasteiger partial charge in [-0.1, -0.05) is 24.3 Å². The van der Waals surface area contributed by atoms with Crippen LogP contribution in [0.5, 0.6) is 0 Å². The lowest BCUT2D eigenvalue weighted by atomic mass is 10.1. The number of fused-ring (bicyclic) bond motifs is 1. The molecule has 4 aromatic rings. The van der Waals surface area contributed by atoms with Crippen molar-refractivity contribution in [1.29, 1.82) is 0 Å². The van der Waals surface area contributed by atoms with Gasteiger partial charge in [0.15, 0.2) is 11.5 Å². The zero-order chi connectivity index (χ0) is 14.9. The van der Waals surface area contributed by atoms with Gasteiger partial charge in [0.1, 0.15) is 5.69 Å². The van der Waals surface area contributed by atoms with Gasteiger partial charge >= 0.3 is 0 Å². The number of nitrogens with two attached hydrogens (primary N) is 1. The molecule has 2 N–H and O–H groups in total. The third-order valence-corrected chi connectivity index (χ3v) is 4.35. The molecular weight excluding hydrogens is 294 g/mol. The Kier molecular flexibility index (Phi) is 3.17. The summed E-state index contributed by atoms with van der Waals surface area (Å²) in [5.74, 6) is 0.726. The fourth-order valence-electron chi connectivity index (χ4n) is 2.36. The van der Waals surface area contributed by atoms with Crippen LogP contribution in [-0.4, -0.2) is 19.8 Å². The Morgan fingerprint density at radius 2 is 2.00 bits per heavy atom. The van der Waals surface area contributed by atoms with Gasteiger partial charge in [0, 0.05) is 12.1 Å². The van der Waals surface area contributed by atoms with E-state index >= 15 is 0 Å². The molecule has 5 nitrogen and oxygen atoms in total. The molecule has 0 amide bonds. The van der Waals surface area contributed by atoms with Gasteiger partial charge in [0.2, 0.25) is 0 Å². The number of benzene rings is 1. The SMILES string of the molecule is NCc1cccc(-c2nnc3ccc(-c4cccs4)nn23)c1. The molecule has 6 heteroatoms. The van der Waals surface area contributed by atoms with Crippen molar-refractivity contribution in [3.05, 3.63) is 59.5 Å². The number of hydrogen-bond donors (Lipinski definition) is 1. The quantitative estimate of drug-likeness (QED) is 0.632. The van der Waals surface area contributed by atoms with Crippen LogP contribution in [0.25, 0.3) is 27.6 Å². The van der Waals surface area contributed by atoms with Gasteiger partial charge in [-0.3, -0.25) is 0 Å². The Hall–Kier alpha value is -2.57. The molecule has 0 atom stereocenters. The van der Waals surface area contributed by atoms with E-state index in [1.54, 1.807) is 15.9 Å². The van der Waals surface area contributed by atoms with Crippen LogP contribution in [0, 0.1) is 0 Å². The van der Waals surface area contributed by atoms with Crippen LogP contribution >= 0.6 is 11.3 Å². The molecule has 1 aromatic carbocycles. The second-order valence-corrected chi connectivity index (χ2v) is 5.84. The normalized spacial score (nSPS) is 11.1. The fraction of sp³-hybridized carbons (Fsp3) is 0.0625. The van der Waals surface area contributed by atoms with E-state index in [9.17, 15) is 0 Å². The topological polar surface area (TPSA) is 69.1 Å². The molecule has 4 rings (SSSR count). The second kappa shape index (κ2) is 5.32. The highest BCUT2D eigenvalue weighted by molar-refractivity contribution is 7.13. The molecule has 0 aliphatic rings. The van der Waals surface area contributed by atoms with Gasteiger partial charge in [-0.15, -0.1) is 21.5 Å². The molecule has 0 saturated heterocycles. The Labute approximate surface area is 131 Å². The van der Waals surface area contributed by atoms with E-state index < -0.39 is 0 Å². The van der Waals surface area contributed by atoms with Gasteiger partial charge in [0.25, 0.3) is 0 Å². The highest BCUT2D eigenvalue weighted by atomic mass is 32.1. The van der Waals surface area contributed by atoms with E-state index in [4.69, 9.17) is 5.73 Å². The molecule has 0 radical (unpaired) electrons. The number of nitrogens with zero attached hydrogens (tertiary/aromatic N) is 4. The number of thiophene rings is 1. The van der Waals surface area contributed by atoms with Crippen LogP contribution in [0.15, 0.2) is 53.9 Å². The van der Waals surface area contributed by atoms with E-state index in [0.717, 1.165) is 33.2 Å². The Bertz CT molecular complexity index is 927. The van der Waals surface area contributed by atoms with Gasteiger partial charge in [-0.05, 0) is 35.2 Å². The molecule has 0 bridgehead atoms. The van der Waals surface area contributed by atoms with Crippen LogP contribution in [0.4, 0.5) is 0 Å². The molecule has 0 spiro atoms. The lowest BCUT2D eigenvalue weighted by Gasteiger charge is -2.03. The molecular formula is C16H13N5S. The van der Waals surface area contributed by atoms with E-state index in [1.165, 1.54) is 0 Å². The zero-order valence-corrected chi connectivity index (χ0v) is 12.5. The lowest BCUT2D eigenvalue weighted by molar-refractivity contribution is 0.942. The number of aromatic nitrogens is 4.